The van der Waals surface area contributed by atoms with Gasteiger partial charge in [0.05, 0.1) is 0 Å². The van der Waals surface area contributed by atoms with Crippen molar-refractivity contribution in [3.05, 3.63) is 65.2 Å². The molecule has 0 saturated carbocycles. The number of nitrogens with one attached hydrogen (secondary N) is 1. The van der Waals surface area contributed by atoms with E-state index in [4.69, 9.17) is 0 Å². The predicted octanol–water partition coefficient (Wildman–Crippen LogP) is 3.28. The van der Waals surface area contributed by atoms with Crippen molar-refractivity contribution >= 4 is 17.2 Å². The first-order valence-electron chi connectivity index (χ1n) is 6.83. The van der Waals surface area contributed by atoms with E-state index in [-0.39, 0.29) is 11.7 Å². The van der Waals surface area contributed by atoms with Gasteiger partial charge in [-0.05, 0) is 23.8 Å². The average molecular weight is 352 g/mol. The van der Waals surface area contributed by atoms with E-state index in [9.17, 15) is 18.0 Å². The van der Waals surface area contributed by atoms with Gasteiger partial charge in [0.25, 0.3) is 5.91 Å². The molecule has 124 valence electrons. The van der Waals surface area contributed by atoms with Gasteiger partial charge in [0, 0.05) is 31.3 Å². The SMILES string of the molecule is O=C(NCc1cccnc1)c1sc(-n2cccc2)nc1C(F)(F)F. The normalized spacial score (nSPS) is 11.5. The largest absolute Gasteiger partial charge is 0.435 e. The molecule has 0 atom stereocenters. The second-order valence-electron chi connectivity index (χ2n) is 4.81. The molecule has 1 amide bonds. The molecule has 0 aromatic carbocycles. The summed E-state index contributed by atoms with van der Waals surface area (Å²) in [5.41, 5.74) is -0.491. The average Bonchev–Trinajstić information content (AvgIpc) is 3.21. The molecule has 0 unspecified atom stereocenters. The van der Waals surface area contributed by atoms with E-state index >= 15 is 0 Å². The van der Waals surface area contributed by atoms with Crippen LogP contribution in [0, 0.1) is 0 Å². The van der Waals surface area contributed by atoms with E-state index in [0.29, 0.717) is 16.9 Å². The van der Waals surface area contributed by atoms with Crippen LogP contribution in [-0.4, -0.2) is 20.4 Å². The third-order valence-electron chi connectivity index (χ3n) is 3.09. The summed E-state index contributed by atoms with van der Waals surface area (Å²) in [5, 5.41) is 2.55. The number of carbonyl (C=O) groups is 1. The number of hydrogen-bond donors (Lipinski definition) is 1. The Hall–Kier alpha value is -2.68. The van der Waals surface area contributed by atoms with Crippen LogP contribution >= 0.6 is 11.3 Å². The number of hydrogen-bond acceptors (Lipinski definition) is 4. The number of pyridine rings is 1. The molecule has 0 aliphatic carbocycles. The first-order chi connectivity index (χ1) is 11.4. The predicted molar refractivity (Wildman–Crippen MR) is 81.9 cm³/mol. The minimum absolute atomic E-state index is 0.0823. The van der Waals surface area contributed by atoms with Crippen molar-refractivity contribution in [2.45, 2.75) is 12.7 Å². The van der Waals surface area contributed by atoms with Gasteiger partial charge >= 0.3 is 6.18 Å². The monoisotopic (exact) mass is 352 g/mol. The lowest BCUT2D eigenvalue weighted by atomic mass is 10.3. The second kappa shape index (κ2) is 6.44. The quantitative estimate of drug-likeness (QED) is 0.784. The standard InChI is InChI=1S/C15H11F3N4OS/c16-15(17,18)12-11(24-14(21-12)22-6-1-2-7-22)13(23)20-9-10-4-3-5-19-8-10/h1-8H,9H2,(H,20,23). The molecule has 0 bridgehead atoms. The van der Waals surface area contributed by atoms with Crippen molar-refractivity contribution in [1.29, 1.82) is 0 Å². The minimum Gasteiger partial charge on any atom is -0.347 e. The Morgan fingerprint density at radius 2 is 2.00 bits per heavy atom. The summed E-state index contributed by atoms with van der Waals surface area (Å²) in [6, 6.07) is 6.73. The van der Waals surface area contributed by atoms with Crippen LogP contribution < -0.4 is 5.32 Å². The van der Waals surface area contributed by atoms with Crippen LogP contribution in [0.15, 0.2) is 49.1 Å². The van der Waals surface area contributed by atoms with Crippen LogP contribution in [0.4, 0.5) is 13.2 Å². The maximum Gasteiger partial charge on any atom is 0.435 e. The molecular weight excluding hydrogens is 341 g/mol. The van der Waals surface area contributed by atoms with E-state index < -0.39 is 22.7 Å². The Morgan fingerprint density at radius 3 is 2.62 bits per heavy atom. The van der Waals surface area contributed by atoms with Crippen molar-refractivity contribution in [1.82, 2.24) is 19.9 Å². The van der Waals surface area contributed by atoms with Gasteiger partial charge in [-0.15, -0.1) is 0 Å². The summed E-state index contributed by atoms with van der Waals surface area (Å²) < 4.78 is 40.9. The number of amides is 1. The molecule has 0 saturated heterocycles. The van der Waals surface area contributed by atoms with Gasteiger partial charge in [-0.3, -0.25) is 9.78 Å². The molecule has 1 N–H and O–H groups in total. The zero-order valence-electron chi connectivity index (χ0n) is 12.1. The fraction of sp³-hybridized carbons (Fsp3) is 0.133. The maximum absolute atomic E-state index is 13.2. The van der Waals surface area contributed by atoms with Gasteiger partial charge < -0.3 is 9.88 Å². The third kappa shape index (κ3) is 3.46. The topological polar surface area (TPSA) is 59.8 Å². The fourth-order valence-electron chi connectivity index (χ4n) is 1.99. The molecule has 24 heavy (non-hydrogen) atoms. The summed E-state index contributed by atoms with van der Waals surface area (Å²) in [4.78, 5) is 19.2. The zero-order valence-corrected chi connectivity index (χ0v) is 12.9. The molecule has 0 aliphatic heterocycles. The molecule has 5 nitrogen and oxygen atoms in total. The van der Waals surface area contributed by atoms with Gasteiger partial charge in [0.2, 0.25) is 0 Å². The minimum atomic E-state index is -4.71. The molecule has 0 spiro atoms. The maximum atomic E-state index is 13.2. The molecule has 3 aromatic heterocycles. The summed E-state index contributed by atoms with van der Waals surface area (Å²) in [6.45, 7) is 0.0841. The summed E-state index contributed by atoms with van der Waals surface area (Å²) >= 11 is 0.692. The zero-order chi connectivity index (χ0) is 17.2. The molecule has 3 heterocycles. The highest BCUT2D eigenvalue weighted by atomic mass is 32.1. The highest BCUT2D eigenvalue weighted by molar-refractivity contribution is 7.16. The van der Waals surface area contributed by atoms with E-state index in [1.807, 2.05) is 0 Å². The number of rotatable bonds is 4. The lowest BCUT2D eigenvalue weighted by Crippen LogP contribution is -2.24. The molecule has 3 aromatic rings. The van der Waals surface area contributed by atoms with Crippen LogP contribution in [0.1, 0.15) is 20.9 Å². The number of nitrogens with zero attached hydrogens (tertiary/aromatic N) is 3. The first kappa shape index (κ1) is 16.2. The van der Waals surface area contributed by atoms with Crippen LogP contribution in [-0.2, 0) is 12.7 Å². The number of alkyl halides is 3. The van der Waals surface area contributed by atoms with Crippen LogP contribution in [0.3, 0.4) is 0 Å². The van der Waals surface area contributed by atoms with Crippen molar-refractivity contribution in [3.63, 3.8) is 0 Å². The van der Waals surface area contributed by atoms with Crippen LogP contribution in [0.5, 0.6) is 0 Å². The van der Waals surface area contributed by atoms with Gasteiger partial charge in [-0.2, -0.15) is 13.2 Å². The van der Waals surface area contributed by atoms with Gasteiger partial charge in [-0.25, -0.2) is 4.98 Å². The lowest BCUT2D eigenvalue weighted by Gasteiger charge is -2.07. The summed E-state index contributed by atoms with van der Waals surface area (Å²) in [7, 11) is 0. The highest BCUT2D eigenvalue weighted by Gasteiger charge is 2.39. The smallest absolute Gasteiger partial charge is 0.347 e. The van der Waals surface area contributed by atoms with E-state index in [0.717, 1.165) is 0 Å². The van der Waals surface area contributed by atoms with E-state index in [1.54, 1.807) is 42.9 Å². The molecular formula is C15H11F3N4OS. The summed E-state index contributed by atoms with van der Waals surface area (Å²) in [5.74, 6) is -0.818. The number of thiazole rings is 1. The van der Waals surface area contributed by atoms with Gasteiger partial charge in [0.15, 0.2) is 10.8 Å². The Bertz CT molecular complexity index is 828. The van der Waals surface area contributed by atoms with Crippen molar-refractivity contribution in [2.24, 2.45) is 0 Å². The van der Waals surface area contributed by atoms with E-state index in [1.165, 1.54) is 10.8 Å². The Morgan fingerprint density at radius 1 is 1.25 bits per heavy atom. The molecule has 9 heteroatoms. The van der Waals surface area contributed by atoms with Crippen LogP contribution in [0.25, 0.3) is 5.13 Å². The number of carbonyl (C=O) groups excluding carboxylic acids is 1. The van der Waals surface area contributed by atoms with Crippen molar-refractivity contribution in [3.8, 4) is 5.13 Å². The fourth-order valence-corrected chi connectivity index (χ4v) is 2.96. The highest BCUT2D eigenvalue weighted by Crippen LogP contribution is 2.35. The Kier molecular flexibility index (Phi) is 4.34. The molecule has 3 rings (SSSR count). The first-order valence-corrected chi connectivity index (χ1v) is 7.65. The Balaban J connectivity index is 1.86. The third-order valence-corrected chi connectivity index (χ3v) is 4.16. The number of halogens is 3. The van der Waals surface area contributed by atoms with Gasteiger partial charge in [-0.1, -0.05) is 17.4 Å². The molecule has 0 aliphatic rings. The second-order valence-corrected chi connectivity index (χ2v) is 5.78. The summed E-state index contributed by atoms with van der Waals surface area (Å²) in [6.07, 6.45) is 1.53. The van der Waals surface area contributed by atoms with E-state index in [2.05, 4.69) is 15.3 Å². The number of aromatic nitrogens is 3. The van der Waals surface area contributed by atoms with Crippen molar-refractivity contribution < 1.29 is 18.0 Å². The molecule has 0 radical (unpaired) electrons. The van der Waals surface area contributed by atoms with Gasteiger partial charge in [0.1, 0.15) is 4.88 Å². The Labute approximate surface area is 138 Å². The van der Waals surface area contributed by atoms with Crippen LogP contribution in [0.2, 0.25) is 0 Å². The molecule has 0 fully saturated rings. The lowest BCUT2D eigenvalue weighted by molar-refractivity contribution is -0.141. The van der Waals surface area contributed by atoms with Crippen molar-refractivity contribution in [2.75, 3.05) is 0 Å².